The Morgan fingerprint density at radius 1 is 1.10 bits per heavy atom. The minimum absolute atomic E-state index is 0.307. The zero-order valence-corrected chi connectivity index (χ0v) is 22.0. The molecule has 0 aliphatic rings. The van der Waals surface area contributed by atoms with Gasteiger partial charge in [-0.1, -0.05) is 12.0 Å². The van der Waals surface area contributed by atoms with Crippen LogP contribution in [0.4, 0.5) is 10.6 Å². The number of nitrogens with one attached hydrogen (secondary N) is 1. The molecule has 3 aromatic heterocycles. The zero-order chi connectivity index (χ0) is 27.4. The number of hydrogen-bond donors (Lipinski definition) is 2. The van der Waals surface area contributed by atoms with Crippen LogP contribution in [0.3, 0.4) is 0 Å². The Hall–Kier alpha value is -4.91. The van der Waals surface area contributed by atoms with Gasteiger partial charge in [-0.05, 0) is 68.7 Å². The second-order valence-electron chi connectivity index (χ2n) is 9.53. The third kappa shape index (κ3) is 5.67. The average Bonchev–Trinajstić information content (AvgIpc) is 3.56. The van der Waals surface area contributed by atoms with Crippen LogP contribution in [0, 0.1) is 12.3 Å². The van der Waals surface area contributed by atoms with Crippen LogP contribution in [0.25, 0.3) is 33.6 Å². The molecule has 39 heavy (non-hydrogen) atoms. The second-order valence-corrected chi connectivity index (χ2v) is 9.53. The van der Waals surface area contributed by atoms with Gasteiger partial charge in [-0.3, -0.25) is 0 Å². The molecule has 0 saturated heterocycles. The number of nitrogen functional groups attached to an aromatic ring is 1. The highest BCUT2D eigenvalue weighted by atomic mass is 16.5. The van der Waals surface area contributed by atoms with E-state index in [0.29, 0.717) is 55.0 Å². The molecule has 0 bridgehead atoms. The van der Waals surface area contributed by atoms with Crippen LogP contribution in [0.1, 0.15) is 43.9 Å². The number of anilines is 1. The summed E-state index contributed by atoms with van der Waals surface area (Å²) in [5, 5.41) is 2.82. The molecule has 2 aromatic carbocycles. The van der Waals surface area contributed by atoms with Crippen molar-refractivity contribution in [2.75, 3.05) is 12.3 Å². The Balaban J connectivity index is 1.12. The van der Waals surface area contributed by atoms with E-state index < -0.39 is 6.09 Å². The molecule has 10 heteroatoms. The molecule has 1 amide bonds. The summed E-state index contributed by atoms with van der Waals surface area (Å²) in [4.78, 5) is 30.1. The largest absolute Gasteiger partial charge is 0.450 e. The molecule has 0 aliphatic heterocycles. The number of carbonyl (C=O) groups is 1. The number of amides is 1. The average molecular weight is 523 g/mol. The topological polar surface area (TPSA) is 126 Å². The summed E-state index contributed by atoms with van der Waals surface area (Å²) >= 11 is 0. The van der Waals surface area contributed by atoms with Crippen molar-refractivity contribution in [1.82, 2.24) is 34.4 Å². The number of nitrogens with zero attached hydrogens (tertiary/aromatic N) is 6. The molecule has 3 heterocycles. The SMILES string of the molecule is C#Cc1ccc(-c2nc(N)c3ncn(CCCCOC(=O)NCc4ccc5ncn(C(C)C)c5c4)c3n2)cc1. The number of fused-ring (bicyclic) bond motifs is 2. The van der Waals surface area contributed by atoms with E-state index in [1.807, 2.05) is 53.4 Å². The van der Waals surface area contributed by atoms with Gasteiger partial charge in [-0.25, -0.2) is 24.7 Å². The molecule has 198 valence electrons. The Labute approximate surface area is 226 Å². The minimum Gasteiger partial charge on any atom is -0.450 e. The number of hydrogen-bond acceptors (Lipinski definition) is 7. The normalized spacial score (nSPS) is 11.2. The van der Waals surface area contributed by atoms with Crippen LogP contribution < -0.4 is 11.1 Å². The van der Waals surface area contributed by atoms with Crippen LogP contribution >= 0.6 is 0 Å². The monoisotopic (exact) mass is 522 g/mol. The van der Waals surface area contributed by atoms with Gasteiger partial charge in [0.1, 0.15) is 5.52 Å². The highest BCUT2D eigenvalue weighted by Crippen LogP contribution is 2.23. The summed E-state index contributed by atoms with van der Waals surface area (Å²) < 4.78 is 9.41. The van der Waals surface area contributed by atoms with Gasteiger partial charge in [0, 0.05) is 30.3 Å². The first-order valence-corrected chi connectivity index (χ1v) is 12.8. The first-order valence-electron chi connectivity index (χ1n) is 12.8. The summed E-state index contributed by atoms with van der Waals surface area (Å²) in [6.45, 7) is 5.56. The molecule has 0 unspecified atom stereocenters. The fraction of sp³-hybridized carbons (Fsp3) is 0.276. The molecule has 0 atom stereocenters. The maximum Gasteiger partial charge on any atom is 0.407 e. The smallest absolute Gasteiger partial charge is 0.407 e. The summed E-state index contributed by atoms with van der Waals surface area (Å²) in [6.07, 6.45) is 10.0. The predicted molar refractivity (Wildman–Crippen MR) is 151 cm³/mol. The van der Waals surface area contributed by atoms with Crippen molar-refractivity contribution in [2.45, 2.75) is 45.8 Å². The molecule has 0 saturated carbocycles. The Bertz CT molecular complexity index is 1660. The van der Waals surface area contributed by atoms with Gasteiger partial charge in [0.05, 0.1) is 30.3 Å². The standard InChI is InChI=1S/C29H30N8O2/c1-4-20-7-10-22(11-8-20)27-34-26(30)25-28(35-27)36(17-33-25)13-5-6-14-39-29(38)31-16-21-9-12-23-24(15-21)37(18-32-23)19(2)3/h1,7-12,15,17-19H,5-6,13-14,16H2,2-3H3,(H,31,38)(H2,30,34,35). The van der Waals surface area contributed by atoms with E-state index in [1.165, 1.54) is 0 Å². The van der Waals surface area contributed by atoms with Crippen LogP contribution in [0.2, 0.25) is 0 Å². The van der Waals surface area contributed by atoms with Gasteiger partial charge >= 0.3 is 6.09 Å². The number of carbonyl (C=O) groups excluding carboxylic acids is 1. The molecule has 5 aromatic rings. The third-order valence-corrected chi connectivity index (χ3v) is 6.46. The van der Waals surface area contributed by atoms with Crippen LogP contribution in [-0.2, 0) is 17.8 Å². The lowest BCUT2D eigenvalue weighted by molar-refractivity contribution is 0.143. The maximum absolute atomic E-state index is 12.2. The Morgan fingerprint density at radius 3 is 2.69 bits per heavy atom. The van der Waals surface area contributed by atoms with E-state index in [4.69, 9.17) is 16.9 Å². The lowest BCUT2D eigenvalue weighted by atomic mass is 10.1. The Kier molecular flexibility index (Phi) is 7.41. The van der Waals surface area contributed by atoms with Gasteiger partial charge in [-0.15, -0.1) is 6.42 Å². The highest BCUT2D eigenvalue weighted by Gasteiger charge is 2.13. The lowest BCUT2D eigenvalue weighted by Gasteiger charge is -2.10. The van der Waals surface area contributed by atoms with Gasteiger partial charge in [0.25, 0.3) is 0 Å². The van der Waals surface area contributed by atoms with E-state index in [9.17, 15) is 4.79 Å². The maximum atomic E-state index is 12.2. The number of imidazole rings is 2. The summed E-state index contributed by atoms with van der Waals surface area (Å²) in [6, 6.07) is 13.7. The molecule has 0 spiro atoms. The number of unbranched alkanes of at least 4 members (excludes halogenated alkanes) is 1. The van der Waals surface area contributed by atoms with Crippen LogP contribution in [0.5, 0.6) is 0 Å². The van der Waals surface area contributed by atoms with E-state index >= 15 is 0 Å². The Morgan fingerprint density at radius 2 is 1.92 bits per heavy atom. The number of ether oxygens (including phenoxy) is 1. The molecule has 0 fully saturated rings. The molecular weight excluding hydrogens is 492 g/mol. The van der Waals surface area contributed by atoms with Crippen molar-refractivity contribution in [3.63, 3.8) is 0 Å². The fourth-order valence-corrected chi connectivity index (χ4v) is 4.34. The third-order valence-electron chi connectivity index (χ3n) is 6.46. The highest BCUT2D eigenvalue weighted by molar-refractivity contribution is 5.83. The van der Waals surface area contributed by atoms with Crippen molar-refractivity contribution in [2.24, 2.45) is 0 Å². The molecule has 10 nitrogen and oxygen atoms in total. The van der Waals surface area contributed by atoms with Crippen LogP contribution in [-0.4, -0.2) is 41.8 Å². The molecule has 0 aliphatic carbocycles. The quantitative estimate of drug-likeness (QED) is 0.212. The molecule has 3 N–H and O–H groups in total. The van der Waals surface area contributed by atoms with E-state index in [0.717, 1.165) is 34.1 Å². The lowest BCUT2D eigenvalue weighted by Crippen LogP contribution is -2.24. The van der Waals surface area contributed by atoms with Crippen molar-refractivity contribution < 1.29 is 9.53 Å². The van der Waals surface area contributed by atoms with Crippen LogP contribution in [0.15, 0.2) is 55.1 Å². The summed E-state index contributed by atoms with van der Waals surface area (Å²) in [5.74, 6) is 3.43. The van der Waals surface area contributed by atoms with Crippen molar-refractivity contribution >= 4 is 34.1 Å². The van der Waals surface area contributed by atoms with Gasteiger partial charge in [0.15, 0.2) is 17.3 Å². The summed E-state index contributed by atoms with van der Waals surface area (Å²) in [5.41, 5.74) is 11.9. The van der Waals surface area contributed by atoms with E-state index in [2.05, 4.69) is 49.6 Å². The second kappa shape index (κ2) is 11.2. The summed E-state index contributed by atoms with van der Waals surface area (Å²) in [7, 11) is 0. The number of benzene rings is 2. The first-order chi connectivity index (χ1) is 18.9. The van der Waals surface area contributed by atoms with Gasteiger partial charge in [0.2, 0.25) is 0 Å². The minimum atomic E-state index is -0.443. The predicted octanol–water partition coefficient (Wildman–Crippen LogP) is 4.69. The van der Waals surface area contributed by atoms with Gasteiger partial charge in [-0.2, -0.15) is 0 Å². The van der Waals surface area contributed by atoms with Crippen molar-refractivity contribution in [1.29, 1.82) is 0 Å². The fourth-order valence-electron chi connectivity index (χ4n) is 4.34. The number of nitrogens with two attached hydrogens (primary N) is 1. The number of terminal acetylenes is 1. The molecule has 5 rings (SSSR count). The van der Waals surface area contributed by atoms with Crippen molar-refractivity contribution in [3.05, 3.63) is 66.2 Å². The number of aromatic nitrogens is 6. The van der Waals surface area contributed by atoms with E-state index in [-0.39, 0.29) is 0 Å². The first kappa shape index (κ1) is 25.7. The van der Waals surface area contributed by atoms with Crippen molar-refractivity contribution in [3.8, 4) is 23.7 Å². The number of rotatable bonds is 9. The number of alkyl carbamates (subject to hydrolysis) is 1. The van der Waals surface area contributed by atoms with Gasteiger partial charge < -0.3 is 24.9 Å². The molecular formula is C29H30N8O2. The van der Waals surface area contributed by atoms with E-state index in [1.54, 1.807) is 6.33 Å². The molecule has 0 radical (unpaired) electrons. The number of aryl methyl sites for hydroxylation is 1. The zero-order valence-electron chi connectivity index (χ0n) is 22.0.